The summed E-state index contributed by atoms with van der Waals surface area (Å²) in [5.74, 6) is -2.16. The van der Waals surface area contributed by atoms with Gasteiger partial charge in [0.15, 0.2) is 0 Å². The summed E-state index contributed by atoms with van der Waals surface area (Å²) in [4.78, 5) is 22.4. The van der Waals surface area contributed by atoms with Crippen molar-refractivity contribution >= 4 is 29.2 Å². The molecule has 0 spiro atoms. The molecule has 0 bridgehead atoms. The Balaban J connectivity index is 2.04. The molecule has 17 heavy (non-hydrogen) atoms. The summed E-state index contributed by atoms with van der Waals surface area (Å²) in [5, 5.41) is 11.8. The van der Waals surface area contributed by atoms with Gasteiger partial charge in [-0.2, -0.15) is 0 Å². The van der Waals surface area contributed by atoms with Crippen LogP contribution in [0.15, 0.2) is 18.2 Å². The third kappa shape index (κ3) is 2.58. The van der Waals surface area contributed by atoms with E-state index in [1.54, 1.807) is 12.1 Å². The lowest BCUT2D eigenvalue weighted by molar-refractivity contribution is -0.139. The number of benzene rings is 1. The van der Waals surface area contributed by atoms with Crippen molar-refractivity contribution in [2.75, 3.05) is 5.32 Å². The molecule has 1 aliphatic carbocycles. The normalized spacial score (nSPS) is 22.0. The zero-order chi connectivity index (χ0) is 12.6. The molecule has 2 N–H and O–H groups in total. The molecule has 2 rings (SSSR count). The van der Waals surface area contributed by atoms with Gasteiger partial charge in [-0.15, -0.1) is 0 Å². The van der Waals surface area contributed by atoms with Crippen molar-refractivity contribution in [1.82, 2.24) is 0 Å². The Morgan fingerprint density at radius 2 is 2.12 bits per heavy atom. The fraction of sp³-hybridized carbons (Fsp3) is 0.333. The van der Waals surface area contributed by atoms with Crippen molar-refractivity contribution in [2.45, 2.75) is 13.3 Å². The molecule has 0 aromatic heterocycles. The monoisotopic (exact) mass is 253 g/mol. The van der Waals surface area contributed by atoms with Crippen LogP contribution in [0.4, 0.5) is 5.69 Å². The Hall–Kier alpha value is -1.55. The van der Waals surface area contributed by atoms with Crippen LogP contribution in [-0.2, 0) is 9.59 Å². The summed E-state index contributed by atoms with van der Waals surface area (Å²) in [6.07, 6.45) is 0.407. The number of halogens is 1. The number of hydrogen-bond acceptors (Lipinski definition) is 2. The van der Waals surface area contributed by atoms with Crippen LogP contribution in [0.5, 0.6) is 0 Å². The van der Waals surface area contributed by atoms with Crippen molar-refractivity contribution in [1.29, 1.82) is 0 Å². The lowest BCUT2D eigenvalue weighted by Gasteiger charge is -2.07. The number of amides is 1. The molecule has 1 aromatic carbocycles. The van der Waals surface area contributed by atoms with Crippen molar-refractivity contribution < 1.29 is 14.7 Å². The van der Waals surface area contributed by atoms with Gasteiger partial charge < -0.3 is 10.4 Å². The Labute approximate surface area is 104 Å². The van der Waals surface area contributed by atoms with Crippen LogP contribution in [-0.4, -0.2) is 17.0 Å². The SMILES string of the molecule is Cc1ccc(Cl)c(NC(=O)C2CC2C(=O)O)c1. The van der Waals surface area contributed by atoms with E-state index in [0.717, 1.165) is 5.56 Å². The van der Waals surface area contributed by atoms with Crippen molar-refractivity contribution in [2.24, 2.45) is 11.8 Å². The first-order valence-electron chi connectivity index (χ1n) is 5.29. The summed E-state index contributed by atoms with van der Waals surface area (Å²) >= 11 is 5.93. The second-order valence-corrected chi connectivity index (χ2v) is 4.67. The number of carboxylic acids is 1. The standard InChI is InChI=1S/C12H12ClNO3/c1-6-2-3-9(13)10(4-6)14-11(15)7-5-8(7)12(16)17/h2-4,7-8H,5H2,1H3,(H,14,15)(H,16,17). The predicted octanol–water partition coefficient (Wildman–Crippen LogP) is 2.31. The average Bonchev–Trinajstić information content (AvgIpc) is 3.03. The number of carbonyl (C=O) groups excluding carboxylic acids is 1. The van der Waals surface area contributed by atoms with E-state index in [4.69, 9.17) is 16.7 Å². The molecule has 1 amide bonds. The molecule has 2 atom stereocenters. The number of rotatable bonds is 3. The van der Waals surface area contributed by atoms with Gasteiger partial charge in [-0.05, 0) is 31.0 Å². The topological polar surface area (TPSA) is 66.4 Å². The highest BCUT2D eigenvalue weighted by Crippen LogP contribution is 2.39. The quantitative estimate of drug-likeness (QED) is 0.869. The lowest BCUT2D eigenvalue weighted by atomic mass is 10.2. The molecular weight excluding hydrogens is 242 g/mol. The van der Waals surface area contributed by atoms with Gasteiger partial charge in [-0.3, -0.25) is 9.59 Å². The maximum atomic E-state index is 11.7. The molecule has 0 saturated heterocycles. The van der Waals surface area contributed by atoms with Crippen molar-refractivity contribution in [3.63, 3.8) is 0 Å². The summed E-state index contributed by atoms with van der Waals surface area (Å²) in [7, 11) is 0. The predicted molar refractivity (Wildman–Crippen MR) is 64.1 cm³/mol. The van der Waals surface area contributed by atoms with Crippen LogP contribution in [0.1, 0.15) is 12.0 Å². The Morgan fingerprint density at radius 1 is 1.41 bits per heavy atom. The first kappa shape index (κ1) is 11.9. The minimum absolute atomic E-state index is 0.273. The number of carbonyl (C=O) groups is 2. The van der Waals surface area contributed by atoms with Gasteiger partial charge in [0.2, 0.25) is 5.91 Å². The molecule has 1 aromatic rings. The van der Waals surface area contributed by atoms with E-state index in [9.17, 15) is 9.59 Å². The molecule has 1 aliphatic rings. The van der Waals surface area contributed by atoms with Gasteiger partial charge in [0, 0.05) is 0 Å². The Kier molecular flexibility index (Phi) is 3.07. The number of nitrogens with one attached hydrogen (secondary N) is 1. The molecular formula is C12H12ClNO3. The molecule has 90 valence electrons. The summed E-state index contributed by atoms with van der Waals surface area (Å²) < 4.78 is 0. The van der Waals surface area contributed by atoms with Crippen molar-refractivity contribution in [3.8, 4) is 0 Å². The van der Waals surface area contributed by atoms with Gasteiger partial charge in [0.1, 0.15) is 0 Å². The smallest absolute Gasteiger partial charge is 0.307 e. The first-order valence-corrected chi connectivity index (χ1v) is 5.66. The van der Waals surface area contributed by atoms with Gasteiger partial charge in [0.25, 0.3) is 0 Å². The van der Waals surface area contributed by atoms with Gasteiger partial charge in [-0.25, -0.2) is 0 Å². The van der Waals surface area contributed by atoms with Gasteiger partial charge in [-0.1, -0.05) is 17.7 Å². The molecule has 0 aliphatic heterocycles. The molecule has 2 unspecified atom stereocenters. The average molecular weight is 254 g/mol. The molecule has 4 nitrogen and oxygen atoms in total. The minimum Gasteiger partial charge on any atom is -0.481 e. The van der Waals surface area contributed by atoms with Gasteiger partial charge >= 0.3 is 5.97 Å². The molecule has 1 saturated carbocycles. The largest absolute Gasteiger partial charge is 0.481 e. The van der Waals surface area contributed by atoms with E-state index < -0.39 is 17.8 Å². The number of aliphatic carboxylic acids is 1. The zero-order valence-electron chi connectivity index (χ0n) is 9.24. The number of carboxylic acid groups (broad SMARTS) is 1. The minimum atomic E-state index is -0.916. The summed E-state index contributed by atoms with van der Waals surface area (Å²) in [5.41, 5.74) is 1.52. The fourth-order valence-electron chi connectivity index (χ4n) is 1.72. The van der Waals surface area contributed by atoms with Crippen LogP contribution in [0, 0.1) is 18.8 Å². The molecule has 0 heterocycles. The Bertz CT molecular complexity index is 487. The second-order valence-electron chi connectivity index (χ2n) is 4.26. The van der Waals surface area contributed by atoms with E-state index >= 15 is 0 Å². The molecule has 1 fully saturated rings. The van der Waals surface area contributed by atoms with E-state index in [2.05, 4.69) is 5.32 Å². The number of hydrogen-bond donors (Lipinski definition) is 2. The highest BCUT2D eigenvalue weighted by molar-refractivity contribution is 6.33. The van der Waals surface area contributed by atoms with E-state index in [1.807, 2.05) is 13.0 Å². The molecule has 5 heteroatoms. The number of anilines is 1. The molecule has 0 radical (unpaired) electrons. The van der Waals surface area contributed by atoms with Crippen LogP contribution in [0.2, 0.25) is 5.02 Å². The second kappa shape index (κ2) is 4.37. The zero-order valence-corrected chi connectivity index (χ0v) is 9.99. The highest BCUT2D eigenvalue weighted by atomic mass is 35.5. The van der Waals surface area contributed by atoms with E-state index in [0.29, 0.717) is 17.1 Å². The summed E-state index contributed by atoms with van der Waals surface area (Å²) in [6, 6.07) is 5.31. The maximum absolute atomic E-state index is 11.7. The van der Waals surface area contributed by atoms with Gasteiger partial charge in [0.05, 0.1) is 22.5 Å². The highest BCUT2D eigenvalue weighted by Gasteiger charge is 2.48. The number of aryl methyl sites for hydroxylation is 1. The van der Waals surface area contributed by atoms with Crippen LogP contribution < -0.4 is 5.32 Å². The van der Waals surface area contributed by atoms with E-state index in [-0.39, 0.29) is 5.91 Å². The Morgan fingerprint density at radius 3 is 2.71 bits per heavy atom. The lowest BCUT2D eigenvalue weighted by Crippen LogP contribution is -2.17. The van der Waals surface area contributed by atoms with Crippen LogP contribution in [0.3, 0.4) is 0 Å². The van der Waals surface area contributed by atoms with Crippen LogP contribution in [0.25, 0.3) is 0 Å². The fourth-order valence-corrected chi connectivity index (χ4v) is 1.88. The van der Waals surface area contributed by atoms with E-state index in [1.165, 1.54) is 0 Å². The first-order chi connectivity index (χ1) is 7.99. The maximum Gasteiger partial charge on any atom is 0.307 e. The summed E-state index contributed by atoms with van der Waals surface area (Å²) in [6.45, 7) is 1.89. The van der Waals surface area contributed by atoms with Crippen LogP contribution >= 0.6 is 11.6 Å². The third-order valence-corrected chi connectivity index (χ3v) is 3.15. The van der Waals surface area contributed by atoms with Crippen molar-refractivity contribution in [3.05, 3.63) is 28.8 Å². The third-order valence-electron chi connectivity index (χ3n) is 2.82.